The summed E-state index contributed by atoms with van der Waals surface area (Å²) < 4.78 is 4.69. The van der Waals surface area contributed by atoms with Crippen molar-refractivity contribution < 1.29 is 9.53 Å². The fraction of sp³-hybridized carbons (Fsp3) is 0.417. The summed E-state index contributed by atoms with van der Waals surface area (Å²) in [5.74, 6) is 0.247. The minimum atomic E-state index is -0.268. The summed E-state index contributed by atoms with van der Waals surface area (Å²) in [4.78, 5) is 11.3. The molecule has 1 atom stereocenters. The van der Waals surface area contributed by atoms with Crippen molar-refractivity contribution in [2.45, 2.75) is 19.4 Å². The maximum Gasteiger partial charge on any atom is 0.337 e. The normalized spacial score (nSPS) is 18.2. The Kier molecular flexibility index (Phi) is 4.33. The summed E-state index contributed by atoms with van der Waals surface area (Å²) in [6.45, 7) is 4.03. The average Bonchev–Trinajstić information content (AvgIpc) is 2.28. The first kappa shape index (κ1) is 13.0. The topological polar surface area (TPSA) is 38.3 Å². The quantitative estimate of drug-likeness (QED) is 0.766. The van der Waals surface area contributed by atoms with E-state index >= 15 is 0 Å². The van der Waals surface area contributed by atoms with Crippen molar-refractivity contribution in [3.05, 3.63) is 34.9 Å². The van der Waals surface area contributed by atoms with Crippen LogP contribution < -0.4 is 5.32 Å². The van der Waals surface area contributed by atoms with Gasteiger partial charge in [0, 0.05) is 13.1 Å². The number of halogens is 1. The van der Waals surface area contributed by atoms with E-state index in [2.05, 4.69) is 12.2 Å². The number of rotatable bonds is 1. The van der Waals surface area contributed by atoms with Crippen molar-refractivity contribution in [3.8, 4) is 0 Å². The predicted octanol–water partition coefficient (Wildman–Crippen LogP) is 2.10. The van der Waals surface area contributed by atoms with Crippen molar-refractivity contribution >= 4 is 18.4 Å². The highest BCUT2D eigenvalue weighted by atomic mass is 35.5. The van der Waals surface area contributed by atoms with Gasteiger partial charge in [-0.1, -0.05) is 13.0 Å². The second-order valence-corrected chi connectivity index (χ2v) is 3.94. The van der Waals surface area contributed by atoms with Crippen LogP contribution in [0.25, 0.3) is 0 Å². The van der Waals surface area contributed by atoms with Crippen molar-refractivity contribution in [1.29, 1.82) is 0 Å². The predicted molar refractivity (Wildman–Crippen MR) is 65.2 cm³/mol. The van der Waals surface area contributed by atoms with Gasteiger partial charge in [-0.3, -0.25) is 0 Å². The number of carbonyl (C=O) groups is 1. The van der Waals surface area contributed by atoms with Crippen LogP contribution in [-0.2, 0) is 11.3 Å². The smallest absolute Gasteiger partial charge is 0.337 e. The third-order valence-corrected chi connectivity index (χ3v) is 2.86. The highest BCUT2D eigenvalue weighted by Gasteiger charge is 2.17. The van der Waals surface area contributed by atoms with E-state index in [9.17, 15) is 4.79 Å². The molecule has 0 spiro atoms. The fourth-order valence-corrected chi connectivity index (χ4v) is 2.02. The number of hydrogen-bond acceptors (Lipinski definition) is 3. The lowest BCUT2D eigenvalue weighted by Gasteiger charge is -2.23. The van der Waals surface area contributed by atoms with Crippen LogP contribution in [0.2, 0.25) is 0 Å². The van der Waals surface area contributed by atoms with Gasteiger partial charge in [0.25, 0.3) is 0 Å². The Hall–Kier alpha value is -1.06. The SMILES string of the molecule is COC(=O)c1ccc2c(c1)CNCC2C.Cl. The molecule has 1 aromatic carbocycles. The highest BCUT2D eigenvalue weighted by molar-refractivity contribution is 5.89. The number of esters is 1. The maximum absolute atomic E-state index is 11.3. The van der Waals surface area contributed by atoms with E-state index in [0.717, 1.165) is 13.1 Å². The van der Waals surface area contributed by atoms with E-state index in [1.807, 2.05) is 18.2 Å². The van der Waals surface area contributed by atoms with Gasteiger partial charge in [0.15, 0.2) is 0 Å². The molecular formula is C12H16ClNO2. The molecule has 1 aromatic rings. The molecule has 16 heavy (non-hydrogen) atoms. The molecule has 0 saturated heterocycles. The molecular weight excluding hydrogens is 226 g/mol. The molecule has 0 saturated carbocycles. The Morgan fingerprint density at radius 1 is 1.50 bits per heavy atom. The van der Waals surface area contributed by atoms with Crippen molar-refractivity contribution in [3.63, 3.8) is 0 Å². The summed E-state index contributed by atoms with van der Waals surface area (Å²) in [5, 5.41) is 3.32. The molecule has 1 N–H and O–H groups in total. The molecule has 0 radical (unpaired) electrons. The third kappa shape index (κ3) is 2.36. The lowest BCUT2D eigenvalue weighted by atomic mass is 9.91. The van der Waals surface area contributed by atoms with E-state index in [-0.39, 0.29) is 18.4 Å². The number of hydrogen-bond donors (Lipinski definition) is 1. The minimum Gasteiger partial charge on any atom is -0.465 e. The molecule has 1 aliphatic rings. The molecule has 0 aliphatic carbocycles. The van der Waals surface area contributed by atoms with E-state index in [0.29, 0.717) is 11.5 Å². The summed E-state index contributed by atoms with van der Waals surface area (Å²) in [6.07, 6.45) is 0. The lowest BCUT2D eigenvalue weighted by molar-refractivity contribution is 0.0600. The molecule has 3 nitrogen and oxygen atoms in total. The van der Waals surface area contributed by atoms with Gasteiger partial charge in [0.2, 0.25) is 0 Å². The minimum absolute atomic E-state index is 0. The van der Waals surface area contributed by atoms with E-state index in [4.69, 9.17) is 4.74 Å². The maximum atomic E-state index is 11.3. The van der Waals surface area contributed by atoms with Gasteiger partial charge in [0.05, 0.1) is 12.7 Å². The first-order chi connectivity index (χ1) is 7.22. The summed E-state index contributed by atoms with van der Waals surface area (Å²) >= 11 is 0. The van der Waals surface area contributed by atoms with Gasteiger partial charge in [-0.2, -0.15) is 0 Å². The summed E-state index contributed by atoms with van der Waals surface area (Å²) in [5.41, 5.74) is 3.17. The van der Waals surface area contributed by atoms with E-state index in [1.165, 1.54) is 18.2 Å². The van der Waals surface area contributed by atoms with Crippen molar-refractivity contribution in [2.24, 2.45) is 0 Å². The Morgan fingerprint density at radius 2 is 2.25 bits per heavy atom. The van der Waals surface area contributed by atoms with Crippen LogP contribution in [-0.4, -0.2) is 19.6 Å². The van der Waals surface area contributed by atoms with Gasteiger partial charge in [-0.15, -0.1) is 12.4 Å². The van der Waals surface area contributed by atoms with Gasteiger partial charge < -0.3 is 10.1 Å². The zero-order valence-corrected chi connectivity index (χ0v) is 10.3. The average molecular weight is 242 g/mol. The molecule has 88 valence electrons. The zero-order chi connectivity index (χ0) is 10.8. The molecule has 0 aromatic heterocycles. The van der Waals surface area contributed by atoms with Crippen LogP contribution in [0.1, 0.15) is 34.3 Å². The number of methoxy groups -OCH3 is 1. The summed E-state index contributed by atoms with van der Waals surface area (Å²) in [7, 11) is 1.41. The number of benzene rings is 1. The van der Waals surface area contributed by atoms with Gasteiger partial charge in [-0.25, -0.2) is 4.79 Å². The van der Waals surface area contributed by atoms with Crippen molar-refractivity contribution in [2.75, 3.05) is 13.7 Å². The number of carbonyl (C=O) groups excluding carboxylic acids is 1. The monoisotopic (exact) mass is 241 g/mol. The highest BCUT2D eigenvalue weighted by Crippen LogP contribution is 2.24. The molecule has 4 heteroatoms. The first-order valence-electron chi connectivity index (χ1n) is 5.14. The first-order valence-corrected chi connectivity index (χ1v) is 5.14. The molecule has 0 amide bonds. The molecule has 1 aliphatic heterocycles. The Morgan fingerprint density at radius 3 is 2.94 bits per heavy atom. The molecule has 1 unspecified atom stereocenters. The second-order valence-electron chi connectivity index (χ2n) is 3.94. The molecule has 1 heterocycles. The van der Waals surface area contributed by atoms with Gasteiger partial charge in [-0.05, 0) is 29.2 Å². The third-order valence-electron chi connectivity index (χ3n) is 2.86. The largest absolute Gasteiger partial charge is 0.465 e. The van der Waals surface area contributed by atoms with Crippen LogP contribution >= 0.6 is 12.4 Å². The molecule has 0 fully saturated rings. The fourth-order valence-electron chi connectivity index (χ4n) is 2.02. The Bertz CT molecular complexity index is 393. The van der Waals surface area contributed by atoms with E-state index < -0.39 is 0 Å². The Labute approximate surface area is 102 Å². The molecule has 0 bridgehead atoms. The number of fused-ring (bicyclic) bond motifs is 1. The van der Waals surface area contributed by atoms with Crippen LogP contribution in [0.3, 0.4) is 0 Å². The standard InChI is InChI=1S/C12H15NO2.ClH/c1-8-6-13-7-10-5-9(12(14)15-2)3-4-11(8)10;/h3-5,8,13H,6-7H2,1-2H3;1H. The van der Waals surface area contributed by atoms with E-state index in [1.54, 1.807) is 0 Å². The zero-order valence-electron chi connectivity index (χ0n) is 9.45. The number of ether oxygens (including phenoxy) is 1. The van der Waals surface area contributed by atoms with Crippen LogP contribution in [0.15, 0.2) is 18.2 Å². The molecule has 2 rings (SSSR count). The van der Waals surface area contributed by atoms with Gasteiger partial charge >= 0.3 is 5.97 Å². The van der Waals surface area contributed by atoms with Crippen molar-refractivity contribution in [1.82, 2.24) is 5.32 Å². The van der Waals surface area contributed by atoms with Crippen LogP contribution in [0, 0.1) is 0 Å². The van der Waals surface area contributed by atoms with Gasteiger partial charge in [0.1, 0.15) is 0 Å². The second kappa shape index (κ2) is 5.32. The lowest BCUT2D eigenvalue weighted by Crippen LogP contribution is -2.26. The number of nitrogens with one attached hydrogen (secondary N) is 1. The van der Waals surface area contributed by atoms with Crippen LogP contribution in [0.4, 0.5) is 0 Å². The Balaban J connectivity index is 0.00000128. The summed E-state index contributed by atoms with van der Waals surface area (Å²) in [6, 6.07) is 5.80. The van der Waals surface area contributed by atoms with Crippen LogP contribution in [0.5, 0.6) is 0 Å².